The summed E-state index contributed by atoms with van der Waals surface area (Å²) in [5.74, 6) is 5.91. The largest absolute Gasteiger partial charge is 0.308 e. The summed E-state index contributed by atoms with van der Waals surface area (Å²) in [5, 5.41) is 2.43. The lowest BCUT2D eigenvalue weighted by molar-refractivity contribution is 1.25. The second kappa shape index (κ2) is 3.20. The highest BCUT2D eigenvalue weighted by Gasteiger charge is 2.01. The van der Waals surface area contributed by atoms with E-state index in [1.165, 1.54) is 0 Å². The number of halogens is 1. The molecule has 3 N–H and O–H groups in total. The van der Waals surface area contributed by atoms with Crippen LogP contribution in [0.5, 0.6) is 0 Å². The summed E-state index contributed by atoms with van der Waals surface area (Å²) < 4.78 is 0. The van der Waals surface area contributed by atoms with Crippen LogP contribution in [-0.2, 0) is 0 Å². The molecule has 0 bridgehead atoms. The number of hydrogen-bond acceptors (Lipinski definition) is 3. The van der Waals surface area contributed by atoms with Gasteiger partial charge in [-0.2, -0.15) is 0 Å². The van der Waals surface area contributed by atoms with Crippen molar-refractivity contribution in [3.63, 3.8) is 0 Å². The number of rotatable bonds is 1. The number of nitrogen functional groups attached to an aromatic ring is 1. The zero-order chi connectivity index (χ0) is 9.26. The van der Waals surface area contributed by atoms with Gasteiger partial charge in [0.05, 0.1) is 0 Å². The van der Waals surface area contributed by atoms with Crippen LogP contribution >= 0.6 is 11.6 Å². The van der Waals surface area contributed by atoms with Crippen LogP contribution in [0.15, 0.2) is 30.3 Å². The summed E-state index contributed by atoms with van der Waals surface area (Å²) in [6, 6.07) is 9.58. The van der Waals surface area contributed by atoms with Gasteiger partial charge in [0.2, 0.25) is 0 Å². The molecule has 1 aromatic heterocycles. The Morgan fingerprint density at radius 2 is 2.08 bits per heavy atom. The maximum atomic E-state index is 5.80. The standard InChI is InChI=1S/C9H8ClN3/c10-8-5-6-3-1-2-4-7(6)9(12-8)13-11/h1-5H,11H2,(H,12,13). The fourth-order valence-corrected chi connectivity index (χ4v) is 1.48. The van der Waals surface area contributed by atoms with E-state index in [-0.39, 0.29) is 0 Å². The van der Waals surface area contributed by atoms with Gasteiger partial charge in [0.1, 0.15) is 11.0 Å². The zero-order valence-electron chi connectivity index (χ0n) is 6.79. The number of hydrogen-bond donors (Lipinski definition) is 2. The first-order valence-electron chi connectivity index (χ1n) is 3.83. The Hall–Kier alpha value is -1.32. The van der Waals surface area contributed by atoms with Crippen molar-refractivity contribution in [3.8, 4) is 0 Å². The molecule has 0 saturated heterocycles. The molecule has 0 aliphatic heterocycles. The molecule has 4 heteroatoms. The van der Waals surface area contributed by atoms with Gasteiger partial charge < -0.3 is 5.43 Å². The van der Waals surface area contributed by atoms with Crippen molar-refractivity contribution < 1.29 is 0 Å². The lowest BCUT2D eigenvalue weighted by Gasteiger charge is -2.04. The second-order valence-electron chi connectivity index (χ2n) is 2.66. The van der Waals surface area contributed by atoms with Crippen LogP contribution in [0.2, 0.25) is 5.15 Å². The van der Waals surface area contributed by atoms with E-state index >= 15 is 0 Å². The van der Waals surface area contributed by atoms with Gasteiger partial charge in [-0.25, -0.2) is 10.8 Å². The van der Waals surface area contributed by atoms with Crippen LogP contribution in [0.1, 0.15) is 0 Å². The van der Waals surface area contributed by atoms with E-state index in [1.54, 1.807) is 6.07 Å². The first-order valence-corrected chi connectivity index (χ1v) is 4.21. The number of aromatic nitrogens is 1. The van der Waals surface area contributed by atoms with E-state index in [4.69, 9.17) is 17.4 Å². The second-order valence-corrected chi connectivity index (χ2v) is 3.05. The third-order valence-corrected chi connectivity index (χ3v) is 2.04. The summed E-state index contributed by atoms with van der Waals surface area (Å²) in [4.78, 5) is 4.05. The number of nitrogens with two attached hydrogens (primary N) is 1. The lowest BCUT2D eigenvalue weighted by Crippen LogP contribution is -2.08. The molecule has 0 amide bonds. The summed E-state index contributed by atoms with van der Waals surface area (Å²) in [6.45, 7) is 0. The molecule has 66 valence electrons. The molecule has 1 aromatic carbocycles. The average Bonchev–Trinajstić information content (AvgIpc) is 2.16. The number of fused-ring (bicyclic) bond motifs is 1. The van der Waals surface area contributed by atoms with E-state index in [0.717, 1.165) is 10.8 Å². The number of nitrogens with one attached hydrogen (secondary N) is 1. The molecule has 0 spiro atoms. The van der Waals surface area contributed by atoms with Gasteiger partial charge in [-0.1, -0.05) is 35.9 Å². The van der Waals surface area contributed by atoms with Crippen molar-refractivity contribution in [2.75, 3.05) is 5.43 Å². The first-order chi connectivity index (χ1) is 6.31. The van der Waals surface area contributed by atoms with Gasteiger partial charge in [-0.05, 0) is 11.5 Å². The van der Waals surface area contributed by atoms with Crippen molar-refractivity contribution >= 4 is 28.2 Å². The van der Waals surface area contributed by atoms with Gasteiger partial charge in [-0.3, -0.25) is 0 Å². The molecule has 0 saturated carbocycles. The lowest BCUT2D eigenvalue weighted by atomic mass is 10.2. The Morgan fingerprint density at radius 3 is 2.85 bits per heavy atom. The third kappa shape index (κ3) is 1.43. The maximum absolute atomic E-state index is 5.80. The SMILES string of the molecule is NNc1nc(Cl)cc2ccccc12. The van der Waals surface area contributed by atoms with E-state index < -0.39 is 0 Å². The number of anilines is 1. The molecule has 0 atom stereocenters. The minimum atomic E-state index is 0.437. The Kier molecular flexibility index (Phi) is 2.04. The summed E-state index contributed by atoms with van der Waals surface area (Å²) in [5.41, 5.74) is 2.52. The van der Waals surface area contributed by atoms with Gasteiger partial charge in [0.25, 0.3) is 0 Å². The normalized spacial score (nSPS) is 10.3. The zero-order valence-corrected chi connectivity index (χ0v) is 7.55. The first kappa shape index (κ1) is 8.29. The van der Waals surface area contributed by atoms with Crippen LogP contribution in [0.3, 0.4) is 0 Å². The van der Waals surface area contributed by atoms with Crippen molar-refractivity contribution in [1.82, 2.24) is 4.98 Å². The van der Waals surface area contributed by atoms with Crippen molar-refractivity contribution in [3.05, 3.63) is 35.5 Å². The van der Waals surface area contributed by atoms with Gasteiger partial charge in [0, 0.05) is 5.39 Å². The molecule has 0 fully saturated rings. The molecule has 13 heavy (non-hydrogen) atoms. The number of nitrogens with zero attached hydrogens (tertiary/aromatic N) is 1. The molecule has 0 unspecified atom stereocenters. The number of hydrazine groups is 1. The molecule has 2 rings (SSSR count). The summed E-state index contributed by atoms with van der Waals surface area (Å²) in [6.07, 6.45) is 0. The summed E-state index contributed by atoms with van der Waals surface area (Å²) in [7, 11) is 0. The minimum absolute atomic E-state index is 0.437. The Morgan fingerprint density at radius 1 is 1.31 bits per heavy atom. The van der Waals surface area contributed by atoms with Crippen LogP contribution in [0, 0.1) is 0 Å². The molecule has 2 aromatic rings. The predicted octanol–water partition coefficient (Wildman–Crippen LogP) is 2.17. The minimum Gasteiger partial charge on any atom is -0.308 e. The fourth-order valence-electron chi connectivity index (χ4n) is 1.28. The maximum Gasteiger partial charge on any atom is 0.149 e. The number of benzene rings is 1. The van der Waals surface area contributed by atoms with Crippen molar-refractivity contribution in [1.29, 1.82) is 0 Å². The molecule has 3 nitrogen and oxygen atoms in total. The molecular weight excluding hydrogens is 186 g/mol. The van der Waals surface area contributed by atoms with E-state index in [1.807, 2.05) is 24.3 Å². The van der Waals surface area contributed by atoms with Crippen LogP contribution < -0.4 is 11.3 Å². The quantitative estimate of drug-likeness (QED) is 0.415. The predicted molar refractivity (Wildman–Crippen MR) is 54.6 cm³/mol. The highest BCUT2D eigenvalue weighted by atomic mass is 35.5. The van der Waals surface area contributed by atoms with Crippen LogP contribution in [-0.4, -0.2) is 4.98 Å². The van der Waals surface area contributed by atoms with Gasteiger partial charge in [0.15, 0.2) is 0 Å². The van der Waals surface area contributed by atoms with E-state index in [0.29, 0.717) is 11.0 Å². The van der Waals surface area contributed by atoms with Crippen LogP contribution in [0.4, 0.5) is 5.82 Å². The Labute approximate surface area is 80.5 Å². The smallest absolute Gasteiger partial charge is 0.149 e. The van der Waals surface area contributed by atoms with Gasteiger partial charge >= 0.3 is 0 Å². The highest BCUT2D eigenvalue weighted by molar-refractivity contribution is 6.30. The molecule has 0 aliphatic rings. The molecule has 0 radical (unpaired) electrons. The van der Waals surface area contributed by atoms with Gasteiger partial charge in [-0.15, -0.1) is 0 Å². The topological polar surface area (TPSA) is 50.9 Å². The Bertz CT molecular complexity index is 442. The number of pyridine rings is 1. The molecule has 0 aliphatic carbocycles. The van der Waals surface area contributed by atoms with Crippen molar-refractivity contribution in [2.45, 2.75) is 0 Å². The molecular formula is C9H8ClN3. The van der Waals surface area contributed by atoms with E-state index in [9.17, 15) is 0 Å². The van der Waals surface area contributed by atoms with Crippen LogP contribution in [0.25, 0.3) is 10.8 Å². The molecule has 1 heterocycles. The fraction of sp³-hybridized carbons (Fsp3) is 0. The monoisotopic (exact) mass is 193 g/mol. The summed E-state index contributed by atoms with van der Waals surface area (Å²) >= 11 is 5.80. The highest BCUT2D eigenvalue weighted by Crippen LogP contribution is 2.23. The Balaban J connectivity index is 2.81. The van der Waals surface area contributed by atoms with Crippen molar-refractivity contribution in [2.24, 2.45) is 5.84 Å². The average molecular weight is 194 g/mol. The third-order valence-electron chi connectivity index (χ3n) is 1.85. The van der Waals surface area contributed by atoms with E-state index in [2.05, 4.69) is 10.4 Å².